The Morgan fingerprint density at radius 1 is 1.11 bits per heavy atom. The quantitative estimate of drug-likeness (QED) is 0.340. The SMILES string of the molecule is COc1cc(Cl)cc2cc(C(=O)C3=C(O)C(=O)N(CCN(C)C)C3c3cccc4ccccc34)oc12. The smallest absolute Gasteiger partial charge is 0.290 e. The summed E-state index contributed by atoms with van der Waals surface area (Å²) in [5, 5.41) is 13.9. The van der Waals surface area contributed by atoms with E-state index in [1.807, 2.05) is 61.5 Å². The third-order valence-electron chi connectivity index (χ3n) is 6.45. The van der Waals surface area contributed by atoms with Crippen LogP contribution in [0.15, 0.2) is 76.4 Å². The fraction of sp³-hybridized carbons (Fsp3) is 0.214. The number of furan rings is 1. The zero-order chi connectivity index (χ0) is 25.6. The molecule has 1 aliphatic heterocycles. The number of ketones is 1. The maximum atomic E-state index is 13.9. The van der Waals surface area contributed by atoms with Gasteiger partial charge in [-0.3, -0.25) is 9.59 Å². The second-order valence-electron chi connectivity index (χ2n) is 9.00. The lowest BCUT2D eigenvalue weighted by atomic mass is 9.91. The first-order valence-corrected chi connectivity index (χ1v) is 11.9. The van der Waals surface area contributed by atoms with E-state index in [2.05, 4.69) is 0 Å². The molecule has 0 bridgehead atoms. The van der Waals surface area contributed by atoms with Gasteiger partial charge in [-0.05, 0) is 42.6 Å². The Morgan fingerprint density at radius 2 is 1.86 bits per heavy atom. The summed E-state index contributed by atoms with van der Waals surface area (Å²) in [6.07, 6.45) is 0. The van der Waals surface area contributed by atoms with Gasteiger partial charge >= 0.3 is 0 Å². The zero-order valence-corrected chi connectivity index (χ0v) is 20.9. The molecular weight excluding hydrogens is 480 g/mol. The van der Waals surface area contributed by atoms with Crippen molar-refractivity contribution < 1.29 is 23.8 Å². The molecular formula is C28H25ClN2O5. The number of nitrogens with zero attached hydrogens (tertiary/aromatic N) is 2. The molecule has 0 fully saturated rings. The van der Waals surface area contributed by atoms with E-state index in [0.717, 1.165) is 16.3 Å². The van der Waals surface area contributed by atoms with Crippen molar-refractivity contribution in [1.82, 2.24) is 9.80 Å². The molecule has 5 rings (SSSR count). The van der Waals surface area contributed by atoms with E-state index in [9.17, 15) is 14.7 Å². The highest BCUT2D eigenvalue weighted by Crippen LogP contribution is 2.42. The largest absolute Gasteiger partial charge is 0.503 e. The molecule has 1 aromatic heterocycles. The number of carbonyl (C=O) groups excluding carboxylic acids is 2. The lowest BCUT2D eigenvalue weighted by Gasteiger charge is -2.28. The van der Waals surface area contributed by atoms with Gasteiger partial charge in [-0.25, -0.2) is 0 Å². The minimum Gasteiger partial charge on any atom is -0.503 e. The molecule has 3 aromatic carbocycles. The van der Waals surface area contributed by atoms with Gasteiger partial charge in [0, 0.05) is 29.6 Å². The van der Waals surface area contributed by atoms with Gasteiger partial charge in [0.15, 0.2) is 22.9 Å². The number of aliphatic hydroxyl groups is 1. The summed E-state index contributed by atoms with van der Waals surface area (Å²) >= 11 is 6.19. The van der Waals surface area contributed by atoms with Crippen molar-refractivity contribution in [2.75, 3.05) is 34.3 Å². The fourth-order valence-corrected chi connectivity index (χ4v) is 4.94. The number of hydrogen-bond donors (Lipinski definition) is 1. The highest BCUT2D eigenvalue weighted by atomic mass is 35.5. The third-order valence-corrected chi connectivity index (χ3v) is 6.66. The Kier molecular flexibility index (Phi) is 6.20. The van der Waals surface area contributed by atoms with Crippen LogP contribution in [0.4, 0.5) is 0 Å². The Bertz CT molecular complexity index is 1530. The number of hydrogen-bond acceptors (Lipinski definition) is 6. The van der Waals surface area contributed by atoms with E-state index < -0.39 is 23.5 Å². The molecule has 0 spiro atoms. The number of Topliss-reactive ketones (excluding diaryl/α,β-unsaturated/α-hetero) is 1. The molecule has 4 aromatic rings. The van der Waals surface area contributed by atoms with E-state index in [-0.39, 0.29) is 11.3 Å². The number of amides is 1. The second kappa shape index (κ2) is 9.33. The molecule has 0 aliphatic carbocycles. The highest BCUT2D eigenvalue weighted by molar-refractivity contribution is 6.31. The van der Waals surface area contributed by atoms with Gasteiger partial charge in [-0.1, -0.05) is 54.1 Å². The van der Waals surface area contributed by atoms with Gasteiger partial charge in [-0.15, -0.1) is 0 Å². The standard InChI is InChI=1S/C28H25ClN2O5/c1-30(2)11-12-31-24(20-10-6-8-16-7-4-5-9-19(16)20)23(26(33)28(31)34)25(32)21-14-17-13-18(29)15-22(35-3)27(17)36-21/h4-10,13-15,24,33H,11-12H2,1-3H3. The molecule has 184 valence electrons. The average Bonchev–Trinajstić information content (AvgIpc) is 3.40. The van der Waals surface area contributed by atoms with Crippen LogP contribution in [0.2, 0.25) is 5.02 Å². The van der Waals surface area contributed by atoms with E-state index >= 15 is 0 Å². The molecule has 1 N–H and O–H groups in total. The van der Waals surface area contributed by atoms with Crippen LogP contribution in [0, 0.1) is 0 Å². The van der Waals surface area contributed by atoms with Crippen LogP contribution in [0.3, 0.4) is 0 Å². The van der Waals surface area contributed by atoms with Crippen molar-refractivity contribution >= 4 is 45.0 Å². The molecule has 1 atom stereocenters. The van der Waals surface area contributed by atoms with Crippen molar-refractivity contribution in [3.63, 3.8) is 0 Å². The zero-order valence-electron chi connectivity index (χ0n) is 20.1. The lowest BCUT2D eigenvalue weighted by Crippen LogP contribution is -2.36. The number of aliphatic hydroxyl groups excluding tert-OH is 1. The Balaban J connectivity index is 1.67. The van der Waals surface area contributed by atoms with Crippen LogP contribution in [-0.2, 0) is 4.79 Å². The number of methoxy groups -OCH3 is 1. The van der Waals surface area contributed by atoms with E-state index in [1.54, 1.807) is 23.1 Å². The molecule has 1 amide bonds. The molecule has 1 aliphatic rings. The summed E-state index contributed by atoms with van der Waals surface area (Å²) in [6.45, 7) is 0.881. The minimum atomic E-state index is -0.783. The molecule has 7 nitrogen and oxygen atoms in total. The maximum absolute atomic E-state index is 13.9. The molecule has 0 radical (unpaired) electrons. The van der Waals surface area contributed by atoms with E-state index in [1.165, 1.54) is 7.11 Å². The maximum Gasteiger partial charge on any atom is 0.290 e. The van der Waals surface area contributed by atoms with Gasteiger partial charge in [0.05, 0.1) is 18.7 Å². The number of benzene rings is 3. The number of halogens is 1. The first-order valence-electron chi connectivity index (χ1n) is 11.5. The van der Waals surface area contributed by atoms with Gasteiger partial charge in [0.2, 0.25) is 5.78 Å². The van der Waals surface area contributed by atoms with Crippen molar-refractivity contribution in [3.8, 4) is 5.75 Å². The van der Waals surface area contributed by atoms with Gasteiger partial charge in [0.25, 0.3) is 5.91 Å². The summed E-state index contributed by atoms with van der Waals surface area (Å²) in [6, 6.07) is 17.5. The molecule has 36 heavy (non-hydrogen) atoms. The first kappa shape index (κ1) is 23.9. The lowest BCUT2D eigenvalue weighted by molar-refractivity contribution is -0.129. The Labute approximate surface area is 213 Å². The molecule has 0 saturated carbocycles. The number of ether oxygens (including phenoxy) is 1. The topological polar surface area (TPSA) is 83.2 Å². The minimum absolute atomic E-state index is 0.0142. The summed E-state index contributed by atoms with van der Waals surface area (Å²) in [5.41, 5.74) is 1.10. The number of fused-ring (bicyclic) bond motifs is 2. The van der Waals surface area contributed by atoms with Crippen LogP contribution in [0.1, 0.15) is 22.2 Å². The summed E-state index contributed by atoms with van der Waals surface area (Å²) in [4.78, 5) is 30.7. The van der Waals surface area contributed by atoms with Crippen molar-refractivity contribution in [1.29, 1.82) is 0 Å². The Hall–Kier alpha value is -3.81. The van der Waals surface area contributed by atoms with Gasteiger partial charge < -0.3 is 24.1 Å². The Morgan fingerprint density at radius 3 is 2.61 bits per heavy atom. The van der Waals surface area contributed by atoms with Crippen LogP contribution in [0.25, 0.3) is 21.7 Å². The van der Waals surface area contributed by atoms with Gasteiger partial charge in [0.1, 0.15) is 0 Å². The molecule has 0 saturated heterocycles. The van der Waals surface area contributed by atoms with Crippen molar-refractivity contribution in [2.45, 2.75) is 6.04 Å². The van der Waals surface area contributed by atoms with Crippen molar-refractivity contribution in [2.24, 2.45) is 0 Å². The number of carbonyl (C=O) groups is 2. The predicted octanol–water partition coefficient (Wildman–Crippen LogP) is 5.39. The molecule has 2 heterocycles. The van der Waals surface area contributed by atoms with Crippen LogP contribution >= 0.6 is 11.6 Å². The second-order valence-corrected chi connectivity index (χ2v) is 9.44. The van der Waals surface area contributed by atoms with Crippen LogP contribution < -0.4 is 4.74 Å². The summed E-state index contributed by atoms with van der Waals surface area (Å²) in [5.74, 6) is -1.35. The number of likely N-dealkylation sites (N-methyl/N-ethyl adjacent to an activating group) is 1. The van der Waals surface area contributed by atoms with Crippen LogP contribution in [0.5, 0.6) is 5.75 Å². The third kappa shape index (κ3) is 4.00. The molecule has 8 heteroatoms. The van der Waals surface area contributed by atoms with Crippen molar-refractivity contribution in [3.05, 3.63) is 88.3 Å². The first-order chi connectivity index (χ1) is 17.3. The van der Waals surface area contributed by atoms with E-state index in [0.29, 0.717) is 34.8 Å². The summed E-state index contributed by atoms with van der Waals surface area (Å²) in [7, 11) is 5.29. The van der Waals surface area contributed by atoms with Gasteiger partial charge in [-0.2, -0.15) is 0 Å². The average molecular weight is 505 g/mol. The number of rotatable bonds is 7. The summed E-state index contributed by atoms with van der Waals surface area (Å²) < 4.78 is 11.2. The fourth-order valence-electron chi connectivity index (χ4n) is 4.72. The van der Waals surface area contributed by atoms with Crippen LogP contribution in [-0.4, -0.2) is 60.9 Å². The molecule has 1 unspecified atom stereocenters. The predicted molar refractivity (Wildman–Crippen MR) is 139 cm³/mol. The highest BCUT2D eigenvalue weighted by Gasteiger charge is 2.45. The normalized spacial score (nSPS) is 16.1. The monoisotopic (exact) mass is 504 g/mol. The van der Waals surface area contributed by atoms with E-state index in [4.69, 9.17) is 20.8 Å².